The molecule has 23 heavy (non-hydrogen) atoms. The van der Waals surface area contributed by atoms with Crippen molar-refractivity contribution in [1.29, 1.82) is 0 Å². The lowest BCUT2D eigenvalue weighted by molar-refractivity contribution is 0.149. The van der Waals surface area contributed by atoms with E-state index in [0.717, 1.165) is 12.0 Å². The van der Waals surface area contributed by atoms with E-state index in [-0.39, 0.29) is 5.75 Å². The van der Waals surface area contributed by atoms with Crippen LogP contribution in [0.5, 0.6) is 5.75 Å². The zero-order valence-electron chi connectivity index (χ0n) is 13.1. The molecule has 0 aliphatic carbocycles. The van der Waals surface area contributed by atoms with Crippen LogP contribution in [0.1, 0.15) is 49.7 Å². The van der Waals surface area contributed by atoms with Crippen molar-refractivity contribution in [2.24, 2.45) is 0 Å². The molecule has 0 aliphatic heterocycles. The number of phenolic OH excluding ortho intramolecular Hbond substituents is 1. The third-order valence-electron chi connectivity index (χ3n) is 3.64. The van der Waals surface area contributed by atoms with Crippen molar-refractivity contribution in [3.63, 3.8) is 0 Å². The summed E-state index contributed by atoms with van der Waals surface area (Å²) in [6, 6.07) is 10.1. The Morgan fingerprint density at radius 3 is 2.70 bits per heavy atom. The van der Waals surface area contributed by atoms with Crippen molar-refractivity contribution >= 4 is 0 Å². The fraction of sp³-hybridized carbons (Fsp3) is 0.316. The molecule has 4 nitrogen and oxygen atoms in total. The lowest BCUT2D eigenvalue weighted by Gasteiger charge is -2.09. The zero-order valence-corrected chi connectivity index (χ0v) is 13.1. The Balaban J connectivity index is 1.98. The highest BCUT2D eigenvalue weighted by molar-refractivity contribution is 5.28. The summed E-state index contributed by atoms with van der Waals surface area (Å²) in [5.41, 5.74) is 4.76. The van der Waals surface area contributed by atoms with Crippen molar-refractivity contribution in [2.75, 3.05) is 0 Å². The van der Waals surface area contributed by atoms with Crippen LogP contribution in [0.4, 0.5) is 0 Å². The summed E-state index contributed by atoms with van der Waals surface area (Å²) in [6.07, 6.45) is 3.53. The Labute approximate surface area is 136 Å². The second-order valence-electron chi connectivity index (χ2n) is 5.39. The number of aliphatic hydroxyl groups is 2. The number of furan rings is 1. The van der Waals surface area contributed by atoms with Crippen LogP contribution in [0.3, 0.4) is 0 Å². The van der Waals surface area contributed by atoms with Gasteiger partial charge in [0.05, 0.1) is 12.4 Å². The van der Waals surface area contributed by atoms with Crippen LogP contribution >= 0.6 is 0 Å². The van der Waals surface area contributed by atoms with E-state index in [4.69, 9.17) is 4.42 Å². The van der Waals surface area contributed by atoms with Crippen LogP contribution in [0, 0.1) is 0 Å². The van der Waals surface area contributed by atoms with Crippen LogP contribution in [0.2, 0.25) is 0 Å². The van der Waals surface area contributed by atoms with Crippen LogP contribution < -0.4 is 0 Å². The maximum Gasteiger partial charge on any atom is 0.132 e. The van der Waals surface area contributed by atoms with Gasteiger partial charge in [-0.15, -0.1) is 5.73 Å². The number of hydrogen-bond donors (Lipinski definition) is 3. The number of rotatable bonds is 7. The van der Waals surface area contributed by atoms with E-state index in [1.807, 2.05) is 6.92 Å². The minimum absolute atomic E-state index is 0.136. The SMILES string of the molecule is CCC(=C=CC[C@@H](O)c1cccc(O)c1)C[C@@H](O)c1ccco1. The first-order valence-electron chi connectivity index (χ1n) is 7.71. The minimum atomic E-state index is -0.692. The second kappa shape index (κ2) is 8.39. The van der Waals surface area contributed by atoms with Gasteiger partial charge in [0.25, 0.3) is 0 Å². The highest BCUT2D eigenvalue weighted by Gasteiger charge is 2.12. The van der Waals surface area contributed by atoms with Gasteiger partial charge < -0.3 is 19.7 Å². The molecule has 0 saturated carbocycles. The van der Waals surface area contributed by atoms with Gasteiger partial charge >= 0.3 is 0 Å². The van der Waals surface area contributed by atoms with Gasteiger partial charge in [-0.2, -0.15) is 0 Å². The Hall–Kier alpha value is -2.26. The highest BCUT2D eigenvalue weighted by atomic mass is 16.4. The van der Waals surface area contributed by atoms with Crippen molar-refractivity contribution in [2.45, 2.75) is 38.4 Å². The van der Waals surface area contributed by atoms with E-state index < -0.39 is 12.2 Å². The minimum Gasteiger partial charge on any atom is -0.508 e. The summed E-state index contributed by atoms with van der Waals surface area (Å²) < 4.78 is 5.19. The first-order chi connectivity index (χ1) is 11.1. The van der Waals surface area contributed by atoms with Crippen molar-refractivity contribution < 1.29 is 19.7 Å². The summed E-state index contributed by atoms with van der Waals surface area (Å²) in [4.78, 5) is 0. The molecule has 0 radical (unpaired) electrons. The summed E-state index contributed by atoms with van der Waals surface area (Å²) in [7, 11) is 0. The van der Waals surface area contributed by atoms with E-state index >= 15 is 0 Å². The first-order valence-corrected chi connectivity index (χ1v) is 7.71. The number of benzene rings is 1. The Kier molecular flexibility index (Phi) is 6.24. The third-order valence-corrected chi connectivity index (χ3v) is 3.64. The topological polar surface area (TPSA) is 73.8 Å². The highest BCUT2D eigenvalue weighted by Crippen LogP contribution is 2.23. The normalized spacial score (nSPS) is 13.2. The summed E-state index contributed by atoms with van der Waals surface area (Å²) in [5.74, 6) is 0.675. The maximum atomic E-state index is 10.1. The quantitative estimate of drug-likeness (QED) is 0.675. The zero-order chi connectivity index (χ0) is 16.7. The molecule has 1 heterocycles. The fourth-order valence-corrected chi connectivity index (χ4v) is 2.30. The Bertz CT molecular complexity index is 666. The maximum absolute atomic E-state index is 10.1. The predicted octanol–water partition coefficient (Wildman–Crippen LogP) is 4.02. The molecule has 122 valence electrons. The second-order valence-corrected chi connectivity index (χ2v) is 5.39. The van der Waals surface area contributed by atoms with E-state index in [9.17, 15) is 15.3 Å². The molecule has 0 aliphatic rings. The largest absolute Gasteiger partial charge is 0.508 e. The van der Waals surface area contributed by atoms with Crippen LogP contribution in [0.25, 0.3) is 0 Å². The molecule has 0 spiro atoms. The summed E-state index contributed by atoms with van der Waals surface area (Å²) >= 11 is 0. The molecule has 1 aromatic carbocycles. The molecule has 1 aromatic heterocycles. The average Bonchev–Trinajstić information content (AvgIpc) is 3.08. The molecule has 3 N–H and O–H groups in total. The standard InChI is InChI=1S/C19H22O4/c1-2-14(12-18(22)19-10-5-11-23-19)6-3-9-17(21)15-7-4-8-16(20)13-15/h3-5,7-8,10-11,13,17-18,20-22H,2,9,12H2,1H3/t6?,17-,18-/m1/s1. The molecular weight excluding hydrogens is 292 g/mol. The van der Waals surface area contributed by atoms with Gasteiger partial charge in [0.2, 0.25) is 0 Å². The monoisotopic (exact) mass is 314 g/mol. The van der Waals surface area contributed by atoms with Gasteiger partial charge in [-0.05, 0) is 47.9 Å². The van der Waals surface area contributed by atoms with Gasteiger partial charge in [0.1, 0.15) is 17.6 Å². The number of aliphatic hydroxyl groups excluding tert-OH is 2. The van der Waals surface area contributed by atoms with Crippen LogP contribution in [-0.2, 0) is 0 Å². The fourth-order valence-electron chi connectivity index (χ4n) is 2.30. The molecule has 2 rings (SSSR count). The summed E-state index contributed by atoms with van der Waals surface area (Å²) in [5, 5.41) is 29.6. The van der Waals surface area contributed by atoms with Crippen LogP contribution in [-0.4, -0.2) is 15.3 Å². The van der Waals surface area contributed by atoms with E-state index in [0.29, 0.717) is 24.2 Å². The van der Waals surface area contributed by atoms with E-state index in [1.165, 1.54) is 6.26 Å². The van der Waals surface area contributed by atoms with Gasteiger partial charge in [0, 0.05) is 12.8 Å². The Morgan fingerprint density at radius 2 is 2.04 bits per heavy atom. The smallest absolute Gasteiger partial charge is 0.132 e. The molecule has 2 atom stereocenters. The number of hydrogen-bond acceptors (Lipinski definition) is 4. The number of aromatic hydroxyl groups is 1. The van der Waals surface area contributed by atoms with Crippen LogP contribution in [0.15, 0.2) is 64.5 Å². The molecule has 0 bridgehead atoms. The van der Waals surface area contributed by atoms with E-state index in [1.54, 1.807) is 42.5 Å². The first kappa shape index (κ1) is 17.1. The lowest BCUT2D eigenvalue weighted by atomic mass is 10.0. The molecule has 4 heteroatoms. The van der Waals surface area contributed by atoms with Gasteiger partial charge in [-0.1, -0.05) is 19.1 Å². The molecule has 0 amide bonds. The van der Waals surface area contributed by atoms with Crippen molar-refractivity contribution in [3.05, 3.63) is 71.4 Å². The lowest BCUT2D eigenvalue weighted by Crippen LogP contribution is -1.97. The molecule has 0 saturated heterocycles. The molecule has 0 fully saturated rings. The number of phenols is 1. The van der Waals surface area contributed by atoms with Gasteiger partial charge in [-0.25, -0.2) is 0 Å². The molecular formula is C19H22O4. The third kappa shape index (κ3) is 5.15. The predicted molar refractivity (Wildman–Crippen MR) is 87.9 cm³/mol. The summed E-state index contributed by atoms with van der Waals surface area (Å²) in [6.45, 7) is 2.00. The van der Waals surface area contributed by atoms with Crippen molar-refractivity contribution in [1.82, 2.24) is 0 Å². The van der Waals surface area contributed by atoms with Gasteiger partial charge in [-0.3, -0.25) is 0 Å². The Morgan fingerprint density at radius 1 is 1.22 bits per heavy atom. The molecule has 2 aromatic rings. The van der Waals surface area contributed by atoms with Crippen molar-refractivity contribution in [3.8, 4) is 5.75 Å². The van der Waals surface area contributed by atoms with E-state index in [2.05, 4.69) is 5.73 Å². The average molecular weight is 314 g/mol. The van der Waals surface area contributed by atoms with Gasteiger partial charge in [0.15, 0.2) is 0 Å². The molecule has 0 unspecified atom stereocenters.